The van der Waals surface area contributed by atoms with E-state index in [1.165, 1.54) is 18.2 Å². The molecule has 2 rings (SSSR count). The molecule has 5 N–H and O–H groups in total. The summed E-state index contributed by atoms with van der Waals surface area (Å²) in [5, 5.41) is 20.6. The van der Waals surface area contributed by atoms with E-state index in [0.29, 0.717) is 0 Å². The molecule has 0 aliphatic rings. The van der Waals surface area contributed by atoms with Crippen molar-refractivity contribution in [1.29, 1.82) is 0 Å². The second kappa shape index (κ2) is 5.49. The fourth-order valence-corrected chi connectivity index (χ4v) is 1.73. The number of carboxylic acid groups (broad SMARTS) is 1. The van der Waals surface area contributed by atoms with Gasteiger partial charge in [0.15, 0.2) is 0 Å². The van der Waals surface area contributed by atoms with Crippen molar-refractivity contribution in [2.45, 2.75) is 0 Å². The molecule has 0 radical (unpaired) electrons. The maximum Gasteiger partial charge on any atom is 0.337 e. The molecule has 0 unspecified atom stereocenters. The highest BCUT2D eigenvalue weighted by atomic mass is 19.1. The number of aromatic carboxylic acids is 1. The molecule has 0 aromatic heterocycles. The largest absolute Gasteiger partial charge is 0.508 e. The zero-order chi connectivity index (χ0) is 15.6. The van der Waals surface area contributed by atoms with Crippen LogP contribution in [0.3, 0.4) is 0 Å². The van der Waals surface area contributed by atoms with Gasteiger partial charge in [-0.15, -0.1) is 0 Å². The molecular weight excluding hydrogens is 279 g/mol. The van der Waals surface area contributed by atoms with Crippen molar-refractivity contribution >= 4 is 23.3 Å². The normalized spacial score (nSPS) is 10.1. The molecule has 108 valence electrons. The molecule has 6 nitrogen and oxygen atoms in total. The minimum atomic E-state index is -1.33. The van der Waals surface area contributed by atoms with Crippen LogP contribution in [-0.4, -0.2) is 22.1 Å². The van der Waals surface area contributed by atoms with Gasteiger partial charge < -0.3 is 21.3 Å². The van der Waals surface area contributed by atoms with E-state index in [-0.39, 0.29) is 28.3 Å². The lowest BCUT2D eigenvalue weighted by atomic mass is 10.1. The Morgan fingerprint density at radius 3 is 2.48 bits per heavy atom. The first-order valence-corrected chi connectivity index (χ1v) is 5.81. The van der Waals surface area contributed by atoms with E-state index >= 15 is 0 Å². The van der Waals surface area contributed by atoms with Gasteiger partial charge >= 0.3 is 5.97 Å². The predicted molar refractivity (Wildman–Crippen MR) is 73.8 cm³/mol. The molecule has 0 atom stereocenters. The average molecular weight is 290 g/mol. The maximum absolute atomic E-state index is 13.1. The van der Waals surface area contributed by atoms with E-state index in [2.05, 4.69) is 5.32 Å². The van der Waals surface area contributed by atoms with Crippen LogP contribution in [0, 0.1) is 5.82 Å². The number of nitrogens with one attached hydrogen (secondary N) is 1. The number of hydrogen-bond acceptors (Lipinski definition) is 4. The number of amides is 1. The van der Waals surface area contributed by atoms with Crippen molar-refractivity contribution in [3.05, 3.63) is 53.3 Å². The van der Waals surface area contributed by atoms with E-state index < -0.39 is 17.7 Å². The predicted octanol–water partition coefficient (Wildman–Crippen LogP) is 2.06. The fourth-order valence-electron chi connectivity index (χ4n) is 1.73. The number of hydrogen-bond donors (Lipinski definition) is 4. The van der Waals surface area contributed by atoms with Gasteiger partial charge in [0.1, 0.15) is 11.6 Å². The van der Waals surface area contributed by atoms with Crippen molar-refractivity contribution in [2.24, 2.45) is 0 Å². The third-order valence-corrected chi connectivity index (χ3v) is 2.74. The van der Waals surface area contributed by atoms with Crippen molar-refractivity contribution in [1.82, 2.24) is 0 Å². The van der Waals surface area contributed by atoms with E-state index in [9.17, 15) is 19.1 Å². The molecule has 0 bridgehead atoms. The lowest BCUT2D eigenvalue weighted by Gasteiger charge is -2.10. The summed E-state index contributed by atoms with van der Waals surface area (Å²) in [7, 11) is 0. The van der Waals surface area contributed by atoms with Crippen LogP contribution < -0.4 is 11.1 Å². The Labute approximate surface area is 118 Å². The number of carbonyl (C=O) groups excluding carboxylic acids is 1. The summed E-state index contributed by atoms with van der Waals surface area (Å²) in [4.78, 5) is 23.1. The monoisotopic (exact) mass is 290 g/mol. The maximum atomic E-state index is 13.1. The average Bonchev–Trinajstić information content (AvgIpc) is 2.43. The van der Waals surface area contributed by atoms with Gasteiger partial charge in [0.05, 0.1) is 16.8 Å². The van der Waals surface area contributed by atoms with Crippen LogP contribution in [0.5, 0.6) is 5.75 Å². The molecule has 0 fully saturated rings. The quantitative estimate of drug-likeness (QED) is 0.510. The van der Waals surface area contributed by atoms with Gasteiger partial charge in [0.2, 0.25) is 0 Å². The van der Waals surface area contributed by atoms with Gasteiger partial charge in [0.25, 0.3) is 5.91 Å². The van der Waals surface area contributed by atoms with Crippen LogP contribution in [0.4, 0.5) is 15.8 Å². The molecule has 0 spiro atoms. The minimum Gasteiger partial charge on any atom is -0.508 e. The third-order valence-electron chi connectivity index (χ3n) is 2.74. The molecule has 21 heavy (non-hydrogen) atoms. The Morgan fingerprint density at radius 1 is 1.10 bits per heavy atom. The van der Waals surface area contributed by atoms with Gasteiger partial charge in [-0.2, -0.15) is 0 Å². The SMILES string of the molecule is Nc1ccc(F)cc1C(=O)Nc1ccc(O)cc1C(=O)O. The molecule has 2 aromatic carbocycles. The first kappa shape index (κ1) is 14.3. The molecule has 0 aliphatic heterocycles. The minimum absolute atomic E-state index is 0.0334. The van der Waals surface area contributed by atoms with Crippen LogP contribution in [0.2, 0.25) is 0 Å². The van der Waals surface area contributed by atoms with Crippen molar-refractivity contribution in [2.75, 3.05) is 11.1 Å². The van der Waals surface area contributed by atoms with Crippen LogP contribution in [0.1, 0.15) is 20.7 Å². The van der Waals surface area contributed by atoms with Crippen molar-refractivity contribution < 1.29 is 24.2 Å². The van der Waals surface area contributed by atoms with Gasteiger partial charge in [-0.3, -0.25) is 4.79 Å². The van der Waals surface area contributed by atoms with Crippen LogP contribution >= 0.6 is 0 Å². The third kappa shape index (κ3) is 3.08. The first-order chi connectivity index (χ1) is 9.88. The molecule has 0 saturated carbocycles. The molecule has 0 aliphatic carbocycles. The summed E-state index contributed by atoms with van der Waals surface area (Å²) in [5.74, 6) is -2.97. The number of carbonyl (C=O) groups is 2. The number of nitrogen functional groups attached to an aromatic ring is 1. The van der Waals surface area contributed by atoms with E-state index in [1.807, 2.05) is 0 Å². The lowest BCUT2D eigenvalue weighted by molar-refractivity contribution is 0.0697. The lowest BCUT2D eigenvalue weighted by Crippen LogP contribution is -2.16. The number of nitrogens with two attached hydrogens (primary N) is 1. The summed E-state index contributed by atoms with van der Waals surface area (Å²) in [5.41, 5.74) is 5.20. The van der Waals surface area contributed by atoms with Gasteiger partial charge in [0, 0.05) is 5.69 Å². The summed E-state index contributed by atoms with van der Waals surface area (Å²) in [6.45, 7) is 0. The Bertz CT molecular complexity index is 731. The number of carboxylic acids is 1. The van der Waals surface area contributed by atoms with E-state index in [1.54, 1.807) is 0 Å². The highest BCUT2D eigenvalue weighted by Crippen LogP contribution is 2.23. The number of rotatable bonds is 3. The standard InChI is InChI=1S/C14H11FN2O4/c15-7-1-3-11(16)9(5-7)13(19)17-12-4-2-8(18)6-10(12)14(20)21/h1-6,18H,16H2,(H,17,19)(H,20,21). The number of phenolic OH excluding ortho intramolecular Hbond substituents is 1. The van der Waals surface area contributed by atoms with Gasteiger partial charge in [-0.1, -0.05) is 0 Å². The Hall–Kier alpha value is -3.09. The number of phenols is 1. The highest BCUT2D eigenvalue weighted by molar-refractivity contribution is 6.10. The first-order valence-electron chi connectivity index (χ1n) is 5.81. The number of halogens is 1. The van der Waals surface area contributed by atoms with Crippen LogP contribution in [0.25, 0.3) is 0 Å². The topological polar surface area (TPSA) is 113 Å². The molecule has 1 amide bonds. The summed E-state index contributed by atoms with van der Waals surface area (Å²) in [6, 6.07) is 6.73. The second-order valence-corrected chi connectivity index (χ2v) is 4.22. The number of aromatic hydroxyl groups is 1. The fraction of sp³-hybridized carbons (Fsp3) is 0. The Morgan fingerprint density at radius 2 is 1.81 bits per heavy atom. The number of anilines is 2. The highest BCUT2D eigenvalue weighted by Gasteiger charge is 2.16. The summed E-state index contributed by atoms with van der Waals surface area (Å²) in [6.07, 6.45) is 0. The molecule has 2 aromatic rings. The van der Waals surface area contributed by atoms with Crippen LogP contribution in [0.15, 0.2) is 36.4 Å². The molecular formula is C14H11FN2O4. The van der Waals surface area contributed by atoms with Gasteiger partial charge in [-0.25, -0.2) is 9.18 Å². The van der Waals surface area contributed by atoms with E-state index in [0.717, 1.165) is 18.2 Å². The summed E-state index contributed by atoms with van der Waals surface area (Å²) >= 11 is 0. The van der Waals surface area contributed by atoms with Crippen LogP contribution in [-0.2, 0) is 0 Å². The molecule has 0 heterocycles. The number of benzene rings is 2. The Kier molecular flexibility index (Phi) is 3.75. The van der Waals surface area contributed by atoms with Crippen molar-refractivity contribution in [3.8, 4) is 5.75 Å². The smallest absolute Gasteiger partial charge is 0.337 e. The zero-order valence-electron chi connectivity index (χ0n) is 10.6. The van der Waals surface area contributed by atoms with Crippen molar-refractivity contribution in [3.63, 3.8) is 0 Å². The van der Waals surface area contributed by atoms with Gasteiger partial charge in [-0.05, 0) is 36.4 Å². The van der Waals surface area contributed by atoms with E-state index in [4.69, 9.17) is 10.8 Å². The second-order valence-electron chi connectivity index (χ2n) is 4.22. The summed E-state index contributed by atoms with van der Waals surface area (Å²) < 4.78 is 13.1. The zero-order valence-corrected chi connectivity index (χ0v) is 10.6. The molecule has 7 heteroatoms. The molecule has 0 saturated heterocycles. The Balaban J connectivity index is 2.36.